The van der Waals surface area contributed by atoms with Gasteiger partial charge in [0, 0.05) is 38.2 Å². The molecule has 0 saturated carbocycles. The molecule has 0 aliphatic carbocycles. The zero-order valence-electron chi connectivity index (χ0n) is 16.1. The lowest BCUT2D eigenvalue weighted by molar-refractivity contribution is -0.145. The van der Waals surface area contributed by atoms with Crippen LogP contribution in [-0.4, -0.2) is 47.3 Å². The van der Waals surface area contributed by atoms with Crippen LogP contribution in [-0.2, 0) is 22.6 Å². The SMILES string of the molecule is N[C@@H](CC(=O)N1CCN(Cc2ccc(F)cc2)C(=O)C1)Cc1cc(F)c(F)cc1F. The normalized spacial score (nSPS) is 15.4. The Hall–Kier alpha value is -2.94. The van der Waals surface area contributed by atoms with Crippen molar-refractivity contribution in [3.63, 3.8) is 0 Å². The number of benzene rings is 2. The van der Waals surface area contributed by atoms with Crippen LogP contribution in [0.25, 0.3) is 0 Å². The van der Waals surface area contributed by atoms with Gasteiger partial charge in [-0.2, -0.15) is 0 Å². The van der Waals surface area contributed by atoms with Gasteiger partial charge in [-0.15, -0.1) is 0 Å². The standard InChI is InChI=1S/C21H21F4N3O2/c22-15-3-1-13(2-4-15)11-27-5-6-28(12-21(27)30)20(29)9-16(26)7-14-8-18(24)19(25)10-17(14)23/h1-4,8,10,16H,5-7,9,11-12,26H2/t16-/m1/s1. The Morgan fingerprint density at radius 3 is 2.33 bits per heavy atom. The fourth-order valence-electron chi connectivity index (χ4n) is 3.33. The smallest absolute Gasteiger partial charge is 0.242 e. The van der Waals surface area contributed by atoms with Crippen molar-refractivity contribution in [1.82, 2.24) is 9.80 Å². The van der Waals surface area contributed by atoms with Gasteiger partial charge in [-0.1, -0.05) is 12.1 Å². The van der Waals surface area contributed by atoms with E-state index in [1.165, 1.54) is 17.0 Å². The molecule has 1 heterocycles. The number of rotatable bonds is 6. The van der Waals surface area contributed by atoms with Crippen LogP contribution >= 0.6 is 0 Å². The summed E-state index contributed by atoms with van der Waals surface area (Å²) in [5.74, 6) is -4.40. The Kier molecular flexibility index (Phi) is 6.71. The Morgan fingerprint density at radius 2 is 1.67 bits per heavy atom. The van der Waals surface area contributed by atoms with E-state index in [1.807, 2.05) is 0 Å². The van der Waals surface area contributed by atoms with Gasteiger partial charge in [0.1, 0.15) is 11.6 Å². The Bertz CT molecular complexity index is 937. The van der Waals surface area contributed by atoms with Crippen molar-refractivity contribution in [2.75, 3.05) is 19.6 Å². The maximum Gasteiger partial charge on any atom is 0.242 e. The van der Waals surface area contributed by atoms with E-state index in [2.05, 4.69) is 0 Å². The number of hydrogen-bond acceptors (Lipinski definition) is 3. The summed E-state index contributed by atoms with van der Waals surface area (Å²) in [6, 6.07) is 6.18. The molecule has 5 nitrogen and oxygen atoms in total. The van der Waals surface area contributed by atoms with E-state index in [0.717, 1.165) is 11.6 Å². The number of nitrogens with two attached hydrogens (primary N) is 1. The van der Waals surface area contributed by atoms with Crippen molar-refractivity contribution in [2.24, 2.45) is 5.73 Å². The number of carbonyl (C=O) groups is 2. The van der Waals surface area contributed by atoms with Gasteiger partial charge in [0.05, 0.1) is 6.54 Å². The first-order valence-electron chi connectivity index (χ1n) is 9.42. The van der Waals surface area contributed by atoms with Crippen LogP contribution in [0.2, 0.25) is 0 Å². The van der Waals surface area contributed by atoms with E-state index < -0.39 is 23.5 Å². The summed E-state index contributed by atoms with van der Waals surface area (Å²) in [6.07, 6.45) is -0.309. The lowest BCUT2D eigenvalue weighted by atomic mass is 10.0. The van der Waals surface area contributed by atoms with Crippen molar-refractivity contribution in [2.45, 2.75) is 25.4 Å². The van der Waals surface area contributed by atoms with Crippen molar-refractivity contribution in [3.8, 4) is 0 Å². The summed E-state index contributed by atoms with van der Waals surface area (Å²) in [5, 5.41) is 0. The van der Waals surface area contributed by atoms with Crippen molar-refractivity contribution in [1.29, 1.82) is 0 Å². The fourth-order valence-corrected chi connectivity index (χ4v) is 3.33. The first kappa shape index (κ1) is 21.8. The average molecular weight is 423 g/mol. The molecule has 2 aromatic carbocycles. The molecule has 160 valence electrons. The van der Waals surface area contributed by atoms with E-state index in [-0.39, 0.29) is 42.6 Å². The molecule has 1 aliphatic heterocycles. The minimum atomic E-state index is -1.29. The van der Waals surface area contributed by atoms with Gasteiger partial charge in [-0.3, -0.25) is 9.59 Å². The molecule has 0 radical (unpaired) electrons. The van der Waals surface area contributed by atoms with Crippen LogP contribution in [0.15, 0.2) is 36.4 Å². The third kappa shape index (κ3) is 5.35. The first-order valence-corrected chi connectivity index (χ1v) is 9.42. The highest BCUT2D eigenvalue weighted by Gasteiger charge is 2.28. The maximum atomic E-state index is 13.7. The van der Waals surface area contributed by atoms with Crippen molar-refractivity contribution >= 4 is 11.8 Å². The molecule has 0 bridgehead atoms. The lowest BCUT2D eigenvalue weighted by Crippen LogP contribution is -2.52. The number of carbonyl (C=O) groups excluding carboxylic acids is 2. The number of piperazine rings is 1. The average Bonchev–Trinajstić information content (AvgIpc) is 2.69. The lowest BCUT2D eigenvalue weighted by Gasteiger charge is -2.35. The molecule has 2 aromatic rings. The van der Waals surface area contributed by atoms with Crippen LogP contribution in [0.3, 0.4) is 0 Å². The van der Waals surface area contributed by atoms with E-state index in [4.69, 9.17) is 5.73 Å². The molecule has 3 rings (SSSR count). The molecule has 0 aromatic heterocycles. The second-order valence-electron chi connectivity index (χ2n) is 7.28. The highest BCUT2D eigenvalue weighted by Crippen LogP contribution is 2.17. The van der Waals surface area contributed by atoms with Gasteiger partial charge >= 0.3 is 0 Å². The van der Waals surface area contributed by atoms with E-state index >= 15 is 0 Å². The number of nitrogens with zero attached hydrogens (tertiary/aromatic N) is 2. The van der Waals surface area contributed by atoms with Gasteiger partial charge in [0.2, 0.25) is 11.8 Å². The second-order valence-corrected chi connectivity index (χ2v) is 7.28. The third-order valence-corrected chi connectivity index (χ3v) is 4.97. The molecule has 1 aliphatic rings. The molecule has 30 heavy (non-hydrogen) atoms. The van der Waals surface area contributed by atoms with Gasteiger partial charge in [0.25, 0.3) is 0 Å². The molecule has 0 unspecified atom stereocenters. The summed E-state index contributed by atoms with van der Waals surface area (Å²) in [7, 11) is 0. The first-order chi connectivity index (χ1) is 14.2. The highest BCUT2D eigenvalue weighted by atomic mass is 19.2. The van der Waals surface area contributed by atoms with Gasteiger partial charge in [-0.05, 0) is 35.7 Å². The highest BCUT2D eigenvalue weighted by molar-refractivity contribution is 5.86. The van der Waals surface area contributed by atoms with Gasteiger partial charge in [-0.25, -0.2) is 17.6 Å². The number of hydrogen-bond donors (Lipinski definition) is 1. The largest absolute Gasteiger partial charge is 0.335 e. The molecular weight excluding hydrogens is 402 g/mol. The Morgan fingerprint density at radius 1 is 1.00 bits per heavy atom. The van der Waals surface area contributed by atoms with Crippen LogP contribution in [0.4, 0.5) is 17.6 Å². The molecule has 1 saturated heterocycles. The molecular formula is C21H21F4N3O2. The summed E-state index contributed by atoms with van der Waals surface area (Å²) in [6.45, 7) is 0.815. The monoisotopic (exact) mass is 423 g/mol. The Labute approximate surface area is 171 Å². The fraction of sp³-hybridized carbons (Fsp3) is 0.333. The maximum absolute atomic E-state index is 13.7. The molecule has 0 spiro atoms. The van der Waals surface area contributed by atoms with E-state index in [1.54, 1.807) is 17.0 Å². The summed E-state index contributed by atoms with van der Waals surface area (Å²) >= 11 is 0. The molecule has 2 N–H and O–H groups in total. The van der Waals surface area contributed by atoms with Crippen molar-refractivity contribution in [3.05, 3.63) is 70.8 Å². The van der Waals surface area contributed by atoms with Crippen LogP contribution in [0.1, 0.15) is 17.5 Å². The quantitative estimate of drug-likeness (QED) is 0.573. The zero-order chi connectivity index (χ0) is 21.8. The molecule has 9 heteroatoms. The predicted molar refractivity (Wildman–Crippen MR) is 101 cm³/mol. The zero-order valence-corrected chi connectivity index (χ0v) is 16.1. The Balaban J connectivity index is 1.52. The summed E-state index contributed by atoms with van der Waals surface area (Å²) in [4.78, 5) is 27.8. The van der Waals surface area contributed by atoms with Crippen molar-refractivity contribution < 1.29 is 27.2 Å². The molecule has 1 fully saturated rings. The minimum Gasteiger partial charge on any atom is -0.335 e. The summed E-state index contributed by atoms with van der Waals surface area (Å²) in [5.41, 5.74) is 6.55. The minimum absolute atomic E-state index is 0.116. The van der Waals surface area contributed by atoms with Crippen LogP contribution in [0, 0.1) is 23.3 Å². The summed E-state index contributed by atoms with van der Waals surface area (Å²) < 4.78 is 53.1. The van der Waals surface area contributed by atoms with Gasteiger partial charge in [0.15, 0.2) is 11.6 Å². The second kappa shape index (κ2) is 9.25. The van der Waals surface area contributed by atoms with E-state index in [0.29, 0.717) is 25.7 Å². The van der Waals surface area contributed by atoms with Gasteiger partial charge < -0.3 is 15.5 Å². The number of amides is 2. The van der Waals surface area contributed by atoms with E-state index in [9.17, 15) is 27.2 Å². The third-order valence-electron chi connectivity index (χ3n) is 4.97. The molecule has 1 atom stereocenters. The topological polar surface area (TPSA) is 66.6 Å². The number of halogens is 4. The molecule has 2 amide bonds. The van der Waals surface area contributed by atoms with Crippen LogP contribution in [0.5, 0.6) is 0 Å². The predicted octanol–water partition coefficient (Wildman–Crippen LogP) is 2.37. The van der Waals surface area contributed by atoms with Crippen LogP contribution < -0.4 is 5.73 Å².